The molecule has 1 amide bonds. The molecule has 5 nitrogen and oxygen atoms in total. The molecule has 0 radical (unpaired) electrons. The van der Waals surface area contributed by atoms with Crippen LogP contribution in [-0.2, 0) is 4.79 Å². The first kappa shape index (κ1) is 15.1. The largest absolute Gasteiger partial charge is 0.504 e. The van der Waals surface area contributed by atoms with Gasteiger partial charge in [-0.2, -0.15) is 5.10 Å². The van der Waals surface area contributed by atoms with Gasteiger partial charge in [-0.05, 0) is 23.8 Å². The van der Waals surface area contributed by atoms with Gasteiger partial charge < -0.3 is 9.84 Å². The van der Waals surface area contributed by atoms with Gasteiger partial charge in [0.25, 0.3) is 0 Å². The number of methoxy groups -OCH3 is 1. The lowest BCUT2D eigenvalue weighted by atomic mass is 9.98. The Hall–Kier alpha value is -2.82. The van der Waals surface area contributed by atoms with Crippen molar-refractivity contribution in [2.75, 3.05) is 7.11 Å². The molecule has 0 bridgehead atoms. The summed E-state index contributed by atoms with van der Waals surface area (Å²) >= 11 is 0. The SMILES string of the molecule is COc1cc(C2=NN(C(C)=O)[C@@H](c3ccccc3)C2)ccc1O. The average molecular weight is 310 g/mol. The minimum absolute atomic E-state index is 0.0814. The van der Waals surface area contributed by atoms with E-state index in [1.54, 1.807) is 18.2 Å². The van der Waals surface area contributed by atoms with E-state index in [4.69, 9.17) is 4.74 Å². The topological polar surface area (TPSA) is 62.1 Å². The van der Waals surface area contributed by atoms with E-state index in [-0.39, 0.29) is 17.7 Å². The number of amides is 1. The lowest BCUT2D eigenvalue weighted by Gasteiger charge is -2.20. The van der Waals surface area contributed by atoms with E-state index in [2.05, 4.69) is 5.10 Å². The van der Waals surface area contributed by atoms with Gasteiger partial charge in [0.1, 0.15) is 0 Å². The molecule has 118 valence electrons. The maximum Gasteiger partial charge on any atom is 0.240 e. The third-order valence-corrected chi connectivity index (χ3v) is 3.93. The molecule has 0 fully saturated rings. The number of hydrazone groups is 1. The van der Waals surface area contributed by atoms with Crippen molar-refractivity contribution in [3.05, 3.63) is 59.7 Å². The smallest absolute Gasteiger partial charge is 0.240 e. The zero-order valence-electron chi connectivity index (χ0n) is 13.1. The van der Waals surface area contributed by atoms with Crippen molar-refractivity contribution in [1.29, 1.82) is 0 Å². The number of aromatic hydroxyl groups is 1. The van der Waals surface area contributed by atoms with E-state index >= 15 is 0 Å². The number of nitrogens with zero attached hydrogens (tertiary/aromatic N) is 2. The number of benzene rings is 2. The molecule has 1 N–H and O–H groups in total. The molecule has 23 heavy (non-hydrogen) atoms. The van der Waals surface area contributed by atoms with E-state index in [1.807, 2.05) is 30.3 Å². The number of rotatable bonds is 3. The summed E-state index contributed by atoms with van der Waals surface area (Å²) in [6, 6.07) is 14.8. The van der Waals surface area contributed by atoms with Gasteiger partial charge in [0.05, 0.1) is 18.9 Å². The Bertz CT molecular complexity index is 756. The van der Waals surface area contributed by atoms with E-state index in [1.165, 1.54) is 19.0 Å². The van der Waals surface area contributed by atoms with E-state index in [0.717, 1.165) is 16.8 Å². The molecule has 0 saturated carbocycles. The third-order valence-electron chi connectivity index (χ3n) is 3.93. The summed E-state index contributed by atoms with van der Waals surface area (Å²) in [6.07, 6.45) is 0.623. The van der Waals surface area contributed by atoms with Crippen molar-refractivity contribution in [3.63, 3.8) is 0 Å². The van der Waals surface area contributed by atoms with E-state index in [9.17, 15) is 9.90 Å². The quantitative estimate of drug-likeness (QED) is 0.947. The predicted octanol–water partition coefficient (Wildman–Crippen LogP) is 3.10. The number of carbonyl (C=O) groups excluding carboxylic acids is 1. The Morgan fingerprint density at radius 1 is 1.26 bits per heavy atom. The van der Waals surface area contributed by atoms with Crippen molar-refractivity contribution in [2.24, 2.45) is 5.10 Å². The molecule has 0 spiro atoms. The number of hydrogen-bond donors (Lipinski definition) is 1. The Balaban J connectivity index is 1.95. The van der Waals surface area contributed by atoms with Crippen LogP contribution in [-0.4, -0.2) is 28.8 Å². The molecule has 1 atom stereocenters. The van der Waals surface area contributed by atoms with Gasteiger partial charge in [0, 0.05) is 18.9 Å². The summed E-state index contributed by atoms with van der Waals surface area (Å²) in [6.45, 7) is 1.51. The fourth-order valence-electron chi connectivity index (χ4n) is 2.77. The first-order chi connectivity index (χ1) is 11.1. The first-order valence-corrected chi connectivity index (χ1v) is 7.39. The van der Waals surface area contributed by atoms with Crippen LogP contribution in [0.1, 0.15) is 30.5 Å². The van der Waals surface area contributed by atoms with E-state index < -0.39 is 0 Å². The maximum absolute atomic E-state index is 11.9. The van der Waals surface area contributed by atoms with Crippen LogP contribution in [0.15, 0.2) is 53.6 Å². The molecule has 5 heteroatoms. The summed E-state index contributed by atoms with van der Waals surface area (Å²) in [5.74, 6) is 0.375. The molecule has 0 unspecified atom stereocenters. The molecule has 2 aromatic rings. The summed E-state index contributed by atoms with van der Waals surface area (Å²) in [5.41, 5.74) is 2.68. The zero-order valence-corrected chi connectivity index (χ0v) is 13.1. The fourth-order valence-corrected chi connectivity index (χ4v) is 2.77. The molecular weight excluding hydrogens is 292 g/mol. The van der Waals surface area contributed by atoms with Crippen LogP contribution in [0.2, 0.25) is 0 Å². The minimum Gasteiger partial charge on any atom is -0.504 e. The van der Waals surface area contributed by atoms with Crippen LogP contribution in [0.3, 0.4) is 0 Å². The normalized spacial score (nSPS) is 17.0. The van der Waals surface area contributed by atoms with Crippen molar-refractivity contribution in [1.82, 2.24) is 5.01 Å². The predicted molar refractivity (Wildman–Crippen MR) is 87.5 cm³/mol. The minimum atomic E-state index is -0.108. The molecule has 3 rings (SSSR count). The third kappa shape index (κ3) is 2.90. The van der Waals surface area contributed by atoms with Gasteiger partial charge in [-0.15, -0.1) is 0 Å². The second-order valence-electron chi connectivity index (χ2n) is 5.43. The molecule has 1 aliphatic heterocycles. The lowest BCUT2D eigenvalue weighted by Crippen LogP contribution is -2.24. The number of phenolic OH excluding ortho intramolecular Hbond substituents is 1. The van der Waals surface area contributed by atoms with Crippen LogP contribution in [0, 0.1) is 0 Å². The highest BCUT2D eigenvalue weighted by atomic mass is 16.5. The highest BCUT2D eigenvalue weighted by Gasteiger charge is 2.31. The van der Waals surface area contributed by atoms with Gasteiger partial charge in [-0.25, -0.2) is 5.01 Å². The fraction of sp³-hybridized carbons (Fsp3) is 0.222. The molecule has 0 aliphatic carbocycles. The molecule has 1 heterocycles. The Kier molecular flexibility index (Phi) is 4.02. The van der Waals surface area contributed by atoms with Crippen LogP contribution in [0.4, 0.5) is 0 Å². The number of carbonyl (C=O) groups is 1. The summed E-state index contributed by atoms with van der Waals surface area (Å²) in [4.78, 5) is 11.9. The average Bonchev–Trinajstić information content (AvgIpc) is 3.02. The number of hydrogen-bond acceptors (Lipinski definition) is 4. The molecule has 1 aliphatic rings. The highest BCUT2D eigenvalue weighted by molar-refractivity contribution is 6.03. The lowest BCUT2D eigenvalue weighted by molar-refractivity contribution is -0.130. The standard InChI is InChI=1S/C18H18N2O3/c1-12(21)20-16(13-6-4-3-5-7-13)11-15(19-20)14-8-9-17(22)18(10-14)23-2/h3-10,16,22H,11H2,1-2H3/t16-/m1/s1. The molecule has 0 aromatic heterocycles. The van der Waals surface area contributed by atoms with Crippen LogP contribution < -0.4 is 4.74 Å². The van der Waals surface area contributed by atoms with Crippen molar-refractivity contribution in [3.8, 4) is 11.5 Å². The van der Waals surface area contributed by atoms with Gasteiger partial charge in [0.2, 0.25) is 5.91 Å². The summed E-state index contributed by atoms with van der Waals surface area (Å²) < 4.78 is 5.15. The maximum atomic E-state index is 11.9. The Morgan fingerprint density at radius 3 is 2.65 bits per heavy atom. The number of phenols is 1. The van der Waals surface area contributed by atoms with Gasteiger partial charge in [0.15, 0.2) is 11.5 Å². The van der Waals surface area contributed by atoms with Crippen molar-refractivity contribution in [2.45, 2.75) is 19.4 Å². The second kappa shape index (κ2) is 6.12. The second-order valence-corrected chi connectivity index (χ2v) is 5.43. The van der Waals surface area contributed by atoms with Crippen LogP contribution in [0.25, 0.3) is 0 Å². The Morgan fingerprint density at radius 2 is 2.00 bits per heavy atom. The van der Waals surface area contributed by atoms with Gasteiger partial charge >= 0.3 is 0 Å². The molecule has 0 saturated heterocycles. The summed E-state index contributed by atoms with van der Waals surface area (Å²) in [7, 11) is 1.50. The highest BCUT2D eigenvalue weighted by Crippen LogP contribution is 2.34. The number of ether oxygens (including phenoxy) is 1. The molecular formula is C18H18N2O3. The monoisotopic (exact) mass is 310 g/mol. The Labute approximate surface area is 134 Å². The first-order valence-electron chi connectivity index (χ1n) is 7.39. The molecule has 2 aromatic carbocycles. The summed E-state index contributed by atoms with van der Waals surface area (Å²) in [5, 5.41) is 15.7. The van der Waals surface area contributed by atoms with Gasteiger partial charge in [-0.1, -0.05) is 30.3 Å². The van der Waals surface area contributed by atoms with E-state index in [0.29, 0.717) is 12.2 Å². The van der Waals surface area contributed by atoms with Crippen molar-refractivity contribution < 1.29 is 14.6 Å². The van der Waals surface area contributed by atoms with Crippen molar-refractivity contribution >= 4 is 11.6 Å². The van der Waals surface area contributed by atoms with Crippen LogP contribution in [0.5, 0.6) is 11.5 Å². The zero-order chi connectivity index (χ0) is 16.4. The van der Waals surface area contributed by atoms with Crippen LogP contribution >= 0.6 is 0 Å². The van der Waals surface area contributed by atoms with Gasteiger partial charge in [-0.3, -0.25) is 4.79 Å².